The number of carbonyl (C=O) groups is 1. The van der Waals surface area contributed by atoms with E-state index in [1.807, 2.05) is 6.92 Å². The van der Waals surface area contributed by atoms with Gasteiger partial charge in [0.25, 0.3) is 5.91 Å². The van der Waals surface area contributed by atoms with Crippen molar-refractivity contribution in [2.75, 3.05) is 34.4 Å². The number of piperidine rings is 1. The molecule has 1 fully saturated rings. The van der Waals surface area contributed by atoms with E-state index in [0.29, 0.717) is 36.3 Å². The van der Waals surface area contributed by atoms with Crippen LogP contribution in [0.1, 0.15) is 48.7 Å². The van der Waals surface area contributed by atoms with Gasteiger partial charge in [0.2, 0.25) is 10.0 Å². The smallest absolute Gasteiger partial charge is 0.255 e. The Morgan fingerprint density at radius 3 is 2.24 bits per heavy atom. The van der Waals surface area contributed by atoms with E-state index in [1.54, 1.807) is 32.4 Å². The summed E-state index contributed by atoms with van der Waals surface area (Å²) >= 11 is 0. The van der Waals surface area contributed by atoms with Crippen LogP contribution in [-0.4, -0.2) is 53.0 Å². The molecule has 1 N–H and O–H groups in total. The highest BCUT2D eigenvalue weighted by molar-refractivity contribution is 7.89. The van der Waals surface area contributed by atoms with Crippen LogP contribution in [0.4, 0.5) is 0 Å². The maximum Gasteiger partial charge on any atom is 0.255 e. The lowest BCUT2D eigenvalue weighted by atomic mass is 10.0. The third-order valence-corrected chi connectivity index (χ3v) is 7.94. The van der Waals surface area contributed by atoms with E-state index in [2.05, 4.69) is 12.2 Å². The molecule has 180 valence electrons. The molecule has 2 aromatic rings. The molecule has 1 aliphatic heterocycles. The van der Waals surface area contributed by atoms with Crippen molar-refractivity contribution < 1.29 is 27.4 Å². The van der Waals surface area contributed by atoms with Crippen molar-refractivity contribution in [1.82, 2.24) is 9.62 Å². The summed E-state index contributed by atoms with van der Waals surface area (Å²) in [6.07, 6.45) is 1.64. The number of hydrogen-bond donors (Lipinski definition) is 1. The first-order chi connectivity index (χ1) is 15.7. The van der Waals surface area contributed by atoms with Crippen LogP contribution in [0.2, 0.25) is 0 Å². The molecule has 0 bridgehead atoms. The van der Waals surface area contributed by atoms with Gasteiger partial charge in [-0.3, -0.25) is 4.79 Å². The van der Waals surface area contributed by atoms with Gasteiger partial charge >= 0.3 is 0 Å². The second-order valence-electron chi connectivity index (χ2n) is 8.25. The van der Waals surface area contributed by atoms with E-state index < -0.39 is 22.0 Å². The SMILES string of the molecule is COc1ccc(OC)c([C@@H](C)NC(=O)c2cc(S(=O)(=O)N3CCC(C)CC3)ccc2OC)c1. The summed E-state index contributed by atoms with van der Waals surface area (Å²) in [5, 5.41) is 2.91. The molecular weight excluding hydrogens is 444 g/mol. The van der Waals surface area contributed by atoms with Crippen LogP contribution in [-0.2, 0) is 10.0 Å². The van der Waals surface area contributed by atoms with Crippen LogP contribution in [0.25, 0.3) is 0 Å². The first-order valence-corrected chi connectivity index (χ1v) is 12.4. The predicted octanol–water partition coefficient (Wildman–Crippen LogP) is 3.62. The van der Waals surface area contributed by atoms with E-state index in [-0.39, 0.29) is 10.5 Å². The van der Waals surface area contributed by atoms with Gasteiger partial charge in [-0.25, -0.2) is 8.42 Å². The molecule has 0 unspecified atom stereocenters. The zero-order valence-electron chi connectivity index (χ0n) is 19.8. The van der Waals surface area contributed by atoms with Crippen LogP contribution in [0, 0.1) is 5.92 Å². The summed E-state index contributed by atoms with van der Waals surface area (Å²) in [4.78, 5) is 13.3. The van der Waals surface area contributed by atoms with E-state index in [0.717, 1.165) is 18.4 Å². The van der Waals surface area contributed by atoms with Crippen LogP contribution in [0.3, 0.4) is 0 Å². The van der Waals surface area contributed by atoms with E-state index in [9.17, 15) is 13.2 Å². The Kier molecular flexibility index (Phi) is 7.86. The van der Waals surface area contributed by atoms with E-state index in [4.69, 9.17) is 14.2 Å². The van der Waals surface area contributed by atoms with Crippen LogP contribution in [0.15, 0.2) is 41.3 Å². The summed E-state index contributed by atoms with van der Waals surface area (Å²) in [6.45, 7) is 4.89. The summed E-state index contributed by atoms with van der Waals surface area (Å²) in [5.41, 5.74) is 0.882. The quantitative estimate of drug-likeness (QED) is 0.625. The number of rotatable bonds is 8. The highest BCUT2D eigenvalue weighted by Crippen LogP contribution is 2.31. The standard InChI is InChI=1S/C24H32N2O6S/c1-16-10-12-26(13-11-16)33(28,29)19-7-9-23(32-5)21(15-19)24(27)25-17(2)20-14-18(30-3)6-8-22(20)31-4/h6-9,14-17H,10-13H2,1-5H3,(H,25,27)/t17-/m1/s1. The number of benzene rings is 2. The number of hydrogen-bond acceptors (Lipinski definition) is 6. The summed E-state index contributed by atoms with van der Waals surface area (Å²) in [6, 6.07) is 9.29. The number of nitrogens with one attached hydrogen (secondary N) is 1. The second kappa shape index (κ2) is 10.4. The highest BCUT2D eigenvalue weighted by atomic mass is 32.2. The fourth-order valence-electron chi connectivity index (χ4n) is 3.93. The van der Waals surface area contributed by atoms with Gasteiger partial charge in [-0.05, 0) is 62.1 Å². The molecule has 1 aliphatic rings. The van der Waals surface area contributed by atoms with Crippen molar-refractivity contribution in [3.8, 4) is 17.2 Å². The third-order valence-electron chi connectivity index (χ3n) is 6.05. The van der Waals surface area contributed by atoms with Gasteiger partial charge in [-0.1, -0.05) is 6.92 Å². The fraction of sp³-hybridized carbons (Fsp3) is 0.458. The minimum Gasteiger partial charge on any atom is -0.497 e. The maximum absolute atomic E-state index is 13.2. The summed E-state index contributed by atoms with van der Waals surface area (Å²) in [5.74, 6) is 1.58. The van der Waals surface area contributed by atoms with Crippen molar-refractivity contribution in [3.05, 3.63) is 47.5 Å². The Bertz CT molecular complexity index is 1090. The number of amides is 1. The monoisotopic (exact) mass is 476 g/mol. The molecule has 0 aromatic heterocycles. The Balaban J connectivity index is 1.89. The van der Waals surface area contributed by atoms with Gasteiger partial charge in [-0.2, -0.15) is 4.31 Å². The molecule has 2 aromatic carbocycles. The van der Waals surface area contributed by atoms with Gasteiger partial charge in [0, 0.05) is 18.7 Å². The molecule has 0 saturated carbocycles. The fourth-order valence-corrected chi connectivity index (χ4v) is 5.43. The second-order valence-corrected chi connectivity index (χ2v) is 10.2. The van der Waals surface area contributed by atoms with Crippen molar-refractivity contribution in [2.24, 2.45) is 5.92 Å². The highest BCUT2D eigenvalue weighted by Gasteiger charge is 2.29. The van der Waals surface area contributed by atoms with Crippen LogP contribution < -0.4 is 19.5 Å². The zero-order chi connectivity index (χ0) is 24.2. The van der Waals surface area contributed by atoms with Crippen LogP contribution in [0.5, 0.6) is 17.2 Å². The van der Waals surface area contributed by atoms with Gasteiger partial charge in [0.1, 0.15) is 17.2 Å². The lowest BCUT2D eigenvalue weighted by molar-refractivity contribution is 0.0936. The first kappa shape index (κ1) is 24.9. The van der Waals surface area contributed by atoms with Gasteiger partial charge in [-0.15, -0.1) is 0 Å². The zero-order valence-corrected chi connectivity index (χ0v) is 20.6. The number of carbonyl (C=O) groups excluding carboxylic acids is 1. The normalized spacial score (nSPS) is 16.2. The van der Waals surface area contributed by atoms with E-state index >= 15 is 0 Å². The van der Waals surface area contributed by atoms with Gasteiger partial charge < -0.3 is 19.5 Å². The van der Waals surface area contributed by atoms with Crippen molar-refractivity contribution in [3.63, 3.8) is 0 Å². The Morgan fingerprint density at radius 1 is 1.00 bits per heavy atom. The summed E-state index contributed by atoms with van der Waals surface area (Å²) in [7, 11) is 0.858. The molecule has 1 amide bonds. The third kappa shape index (κ3) is 5.42. The molecular formula is C24H32N2O6S. The van der Waals surface area contributed by atoms with E-state index in [1.165, 1.54) is 29.6 Å². The topological polar surface area (TPSA) is 94.2 Å². The number of nitrogens with zero attached hydrogens (tertiary/aromatic N) is 1. The van der Waals surface area contributed by atoms with Crippen molar-refractivity contribution >= 4 is 15.9 Å². The number of methoxy groups -OCH3 is 3. The maximum atomic E-state index is 13.2. The molecule has 1 saturated heterocycles. The average Bonchev–Trinajstić information content (AvgIpc) is 2.83. The lowest BCUT2D eigenvalue weighted by Crippen LogP contribution is -2.38. The van der Waals surface area contributed by atoms with Crippen LogP contribution >= 0.6 is 0 Å². The molecule has 3 rings (SSSR count). The minimum absolute atomic E-state index is 0.0783. The van der Waals surface area contributed by atoms with Gasteiger partial charge in [0.15, 0.2) is 0 Å². The molecule has 9 heteroatoms. The first-order valence-electron chi connectivity index (χ1n) is 10.9. The van der Waals surface area contributed by atoms with Crippen molar-refractivity contribution in [2.45, 2.75) is 37.6 Å². The molecule has 8 nitrogen and oxygen atoms in total. The van der Waals surface area contributed by atoms with Crippen molar-refractivity contribution in [1.29, 1.82) is 0 Å². The molecule has 1 heterocycles. The molecule has 1 atom stereocenters. The lowest BCUT2D eigenvalue weighted by Gasteiger charge is -2.29. The minimum atomic E-state index is -3.71. The molecule has 0 spiro atoms. The Morgan fingerprint density at radius 2 is 1.64 bits per heavy atom. The molecule has 33 heavy (non-hydrogen) atoms. The molecule has 0 radical (unpaired) electrons. The average molecular weight is 477 g/mol. The predicted molar refractivity (Wildman–Crippen MR) is 126 cm³/mol. The summed E-state index contributed by atoms with van der Waals surface area (Å²) < 4.78 is 43.9. The number of ether oxygens (including phenoxy) is 3. The Labute approximate surface area is 195 Å². The van der Waals surface area contributed by atoms with Gasteiger partial charge in [0.05, 0.1) is 37.8 Å². The number of sulfonamides is 1. The Hall–Kier alpha value is -2.78. The molecule has 0 aliphatic carbocycles. The largest absolute Gasteiger partial charge is 0.497 e.